The third kappa shape index (κ3) is 3.72. The van der Waals surface area contributed by atoms with Crippen LogP contribution in [-0.2, 0) is 24.2 Å². The van der Waals surface area contributed by atoms with Gasteiger partial charge in [-0.25, -0.2) is 4.98 Å². The monoisotopic (exact) mass is 408 g/mol. The van der Waals surface area contributed by atoms with Gasteiger partial charge in [0.2, 0.25) is 0 Å². The van der Waals surface area contributed by atoms with E-state index in [2.05, 4.69) is 10.3 Å². The van der Waals surface area contributed by atoms with Crippen molar-refractivity contribution in [2.45, 2.75) is 32.2 Å². The van der Waals surface area contributed by atoms with Crippen LogP contribution in [0.4, 0.5) is 0 Å². The SMILES string of the molecule is O=C(Cc1nc2c(s1)CN(C(=O)c1cc3ccccc3[nH]1)CC2)C1CCNCC1. The standard InChI is InChI=1S/C22H24N4O2S/c27-19(14-5-8-23-9-6-14)12-21-25-17-7-10-26(13-20(17)29-21)22(28)18-11-15-3-1-2-4-16(15)24-18/h1-4,11,14,23-24H,5-10,12-13H2. The highest BCUT2D eigenvalue weighted by Gasteiger charge is 2.27. The molecule has 2 N–H and O–H groups in total. The molecular formula is C22H24N4O2S. The number of nitrogens with one attached hydrogen (secondary N) is 2. The Morgan fingerprint density at radius 1 is 1.21 bits per heavy atom. The van der Waals surface area contributed by atoms with Gasteiger partial charge in [0.15, 0.2) is 0 Å². The molecule has 5 rings (SSSR count). The van der Waals surface area contributed by atoms with E-state index in [1.165, 1.54) is 0 Å². The minimum absolute atomic E-state index is 0.0209. The number of fused-ring (bicyclic) bond motifs is 2. The molecule has 0 aliphatic carbocycles. The van der Waals surface area contributed by atoms with Crippen molar-refractivity contribution in [1.82, 2.24) is 20.2 Å². The maximum Gasteiger partial charge on any atom is 0.270 e. The van der Waals surface area contributed by atoms with Crippen molar-refractivity contribution in [1.29, 1.82) is 0 Å². The average Bonchev–Trinajstić information content (AvgIpc) is 3.36. The molecule has 1 amide bonds. The van der Waals surface area contributed by atoms with Crippen molar-refractivity contribution in [3.63, 3.8) is 0 Å². The van der Waals surface area contributed by atoms with Crippen molar-refractivity contribution in [2.75, 3.05) is 19.6 Å². The summed E-state index contributed by atoms with van der Waals surface area (Å²) in [4.78, 5) is 36.5. The zero-order valence-electron chi connectivity index (χ0n) is 16.2. The number of amides is 1. The van der Waals surface area contributed by atoms with Crippen LogP contribution in [0.3, 0.4) is 0 Å². The van der Waals surface area contributed by atoms with Gasteiger partial charge in [-0.3, -0.25) is 9.59 Å². The summed E-state index contributed by atoms with van der Waals surface area (Å²) in [7, 11) is 0. The van der Waals surface area contributed by atoms with Crippen molar-refractivity contribution in [3.05, 3.63) is 51.6 Å². The summed E-state index contributed by atoms with van der Waals surface area (Å²) >= 11 is 1.60. The molecule has 0 radical (unpaired) electrons. The van der Waals surface area contributed by atoms with E-state index in [1.54, 1.807) is 11.3 Å². The number of aromatic amines is 1. The van der Waals surface area contributed by atoms with E-state index in [0.717, 1.165) is 58.8 Å². The molecule has 2 aromatic heterocycles. The van der Waals surface area contributed by atoms with Gasteiger partial charge in [0.05, 0.1) is 18.7 Å². The number of carbonyl (C=O) groups is 2. The van der Waals surface area contributed by atoms with Crippen LogP contribution in [0.25, 0.3) is 10.9 Å². The van der Waals surface area contributed by atoms with Crippen LogP contribution < -0.4 is 5.32 Å². The van der Waals surface area contributed by atoms with E-state index in [0.29, 0.717) is 31.0 Å². The second-order valence-corrected chi connectivity index (χ2v) is 9.06. The van der Waals surface area contributed by atoms with Crippen LogP contribution in [0.15, 0.2) is 30.3 Å². The Labute approximate surface area is 173 Å². The lowest BCUT2D eigenvalue weighted by atomic mass is 9.92. The Hall–Kier alpha value is -2.51. The van der Waals surface area contributed by atoms with E-state index in [9.17, 15) is 9.59 Å². The number of H-pyrrole nitrogens is 1. The maximum absolute atomic E-state index is 13.0. The summed E-state index contributed by atoms with van der Waals surface area (Å²) in [5.74, 6) is 0.494. The molecule has 0 atom stereocenters. The number of aromatic nitrogens is 2. The third-order valence-electron chi connectivity index (χ3n) is 5.94. The highest BCUT2D eigenvalue weighted by Crippen LogP contribution is 2.28. The Balaban J connectivity index is 1.28. The van der Waals surface area contributed by atoms with E-state index >= 15 is 0 Å². The number of Topliss-reactive ketones (excluding diaryl/α,β-unsaturated/α-hetero) is 1. The fraction of sp³-hybridized carbons (Fsp3) is 0.409. The summed E-state index contributed by atoms with van der Waals surface area (Å²) in [5, 5.41) is 5.25. The number of benzene rings is 1. The number of hydrogen-bond acceptors (Lipinski definition) is 5. The van der Waals surface area contributed by atoms with Crippen molar-refractivity contribution >= 4 is 33.9 Å². The zero-order valence-corrected chi connectivity index (χ0v) is 17.1. The lowest BCUT2D eigenvalue weighted by Gasteiger charge is -2.25. The lowest BCUT2D eigenvalue weighted by molar-refractivity contribution is -0.122. The first-order chi connectivity index (χ1) is 14.2. The van der Waals surface area contributed by atoms with Crippen LogP contribution in [-0.4, -0.2) is 46.2 Å². The molecule has 6 nitrogen and oxygen atoms in total. The molecule has 150 valence electrons. The van der Waals surface area contributed by atoms with Crippen LogP contribution >= 0.6 is 11.3 Å². The van der Waals surface area contributed by atoms with Gasteiger partial charge in [0.1, 0.15) is 16.5 Å². The van der Waals surface area contributed by atoms with Crippen molar-refractivity contribution in [3.8, 4) is 0 Å². The molecule has 2 aliphatic rings. The summed E-state index contributed by atoms with van der Waals surface area (Å²) in [6.45, 7) is 3.08. The van der Waals surface area contributed by atoms with Crippen LogP contribution in [0.5, 0.6) is 0 Å². The van der Waals surface area contributed by atoms with Gasteiger partial charge >= 0.3 is 0 Å². The molecule has 1 saturated heterocycles. The van der Waals surface area contributed by atoms with Crippen LogP contribution in [0, 0.1) is 5.92 Å². The molecule has 29 heavy (non-hydrogen) atoms. The molecule has 3 aromatic rings. The normalized spacial score (nSPS) is 17.4. The Bertz CT molecular complexity index is 1030. The third-order valence-corrected chi connectivity index (χ3v) is 7.03. The summed E-state index contributed by atoms with van der Waals surface area (Å²) in [5.41, 5.74) is 2.66. The summed E-state index contributed by atoms with van der Waals surface area (Å²) in [6, 6.07) is 9.84. The number of hydrogen-bond donors (Lipinski definition) is 2. The van der Waals surface area contributed by atoms with Gasteiger partial charge in [-0.1, -0.05) is 18.2 Å². The van der Waals surface area contributed by atoms with Gasteiger partial charge < -0.3 is 15.2 Å². The van der Waals surface area contributed by atoms with E-state index in [-0.39, 0.29) is 11.8 Å². The van der Waals surface area contributed by atoms with E-state index < -0.39 is 0 Å². The van der Waals surface area contributed by atoms with E-state index in [1.807, 2.05) is 35.2 Å². The number of nitrogens with zero attached hydrogens (tertiary/aromatic N) is 2. The van der Waals surface area contributed by atoms with Crippen LogP contribution in [0.1, 0.15) is 38.9 Å². The number of para-hydroxylation sites is 1. The second-order valence-electron chi connectivity index (χ2n) is 7.89. The molecule has 1 aromatic carbocycles. The van der Waals surface area contributed by atoms with Gasteiger partial charge in [0, 0.05) is 34.7 Å². The van der Waals surface area contributed by atoms with E-state index in [4.69, 9.17) is 4.98 Å². The molecular weight excluding hydrogens is 384 g/mol. The van der Waals surface area contributed by atoms with Crippen molar-refractivity contribution in [2.24, 2.45) is 5.92 Å². The molecule has 0 spiro atoms. The van der Waals surface area contributed by atoms with Crippen molar-refractivity contribution < 1.29 is 9.59 Å². The number of thiazole rings is 1. The maximum atomic E-state index is 13.0. The molecule has 4 heterocycles. The first-order valence-electron chi connectivity index (χ1n) is 10.3. The highest BCUT2D eigenvalue weighted by atomic mass is 32.1. The minimum Gasteiger partial charge on any atom is -0.351 e. The molecule has 0 bridgehead atoms. The Morgan fingerprint density at radius 2 is 2.03 bits per heavy atom. The molecule has 2 aliphatic heterocycles. The van der Waals surface area contributed by atoms with Gasteiger partial charge in [-0.2, -0.15) is 0 Å². The number of ketones is 1. The number of carbonyl (C=O) groups excluding carboxylic acids is 2. The molecule has 7 heteroatoms. The molecule has 1 fully saturated rings. The molecule has 0 saturated carbocycles. The predicted octanol–water partition coefficient (Wildman–Crippen LogP) is 2.93. The summed E-state index contributed by atoms with van der Waals surface area (Å²) in [6.07, 6.45) is 3.03. The van der Waals surface area contributed by atoms with Gasteiger partial charge in [0.25, 0.3) is 5.91 Å². The smallest absolute Gasteiger partial charge is 0.270 e. The topological polar surface area (TPSA) is 78.1 Å². The number of piperidine rings is 1. The summed E-state index contributed by atoms with van der Waals surface area (Å²) < 4.78 is 0. The Morgan fingerprint density at radius 3 is 2.86 bits per heavy atom. The highest BCUT2D eigenvalue weighted by molar-refractivity contribution is 7.11. The van der Waals surface area contributed by atoms with Gasteiger partial charge in [-0.15, -0.1) is 11.3 Å². The fourth-order valence-corrected chi connectivity index (χ4v) is 5.43. The zero-order chi connectivity index (χ0) is 19.8. The lowest BCUT2D eigenvalue weighted by Crippen LogP contribution is -2.35. The minimum atomic E-state index is 0.0209. The van der Waals surface area contributed by atoms with Crippen LogP contribution in [0.2, 0.25) is 0 Å². The first kappa shape index (κ1) is 18.5. The second kappa shape index (κ2) is 7.72. The fourth-order valence-electron chi connectivity index (χ4n) is 4.29. The number of rotatable bonds is 4. The average molecular weight is 409 g/mol. The largest absolute Gasteiger partial charge is 0.351 e. The molecule has 0 unspecified atom stereocenters. The first-order valence-corrected chi connectivity index (χ1v) is 11.1. The quantitative estimate of drug-likeness (QED) is 0.696. The Kier molecular flexibility index (Phi) is 4.93. The predicted molar refractivity (Wildman–Crippen MR) is 113 cm³/mol. The van der Waals surface area contributed by atoms with Gasteiger partial charge in [-0.05, 0) is 38.1 Å².